The summed E-state index contributed by atoms with van der Waals surface area (Å²) in [6.07, 6.45) is 7.71. The normalized spacial score (nSPS) is 45.2. The molecule has 3 heteroatoms. The molecule has 3 aliphatic rings. The molecule has 3 rings (SSSR count). The van der Waals surface area contributed by atoms with Gasteiger partial charge < -0.3 is 14.6 Å². The van der Waals surface area contributed by atoms with Gasteiger partial charge in [-0.3, -0.25) is 0 Å². The van der Waals surface area contributed by atoms with Crippen molar-refractivity contribution >= 4 is 0 Å². The molecular weight excluding hydrogens is 252 g/mol. The molecule has 0 aromatic rings. The molecule has 5 atom stereocenters. The highest BCUT2D eigenvalue weighted by molar-refractivity contribution is 5.19. The average Bonchev–Trinajstić information content (AvgIpc) is 3.29. The number of aliphatic hydroxyl groups is 1. The number of ether oxygens (including phenoxy) is 2. The van der Waals surface area contributed by atoms with Crippen molar-refractivity contribution in [3.8, 4) is 0 Å². The number of rotatable bonds is 4. The number of aliphatic hydroxyl groups excluding tert-OH is 1. The van der Waals surface area contributed by atoms with Crippen LogP contribution in [0.5, 0.6) is 0 Å². The van der Waals surface area contributed by atoms with Crippen molar-refractivity contribution < 1.29 is 14.6 Å². The summed E-state index contributed by atoms with van der Waals surface area (Å²) in [6, 6.07) is 0. The van der Waals surface area contributed by atoms with Crippen molar-refractivity contribution in [3.63, 3.8) is 0 Å². The average molecular weight is 280 g/mol. The Hall–Kier alpha value is -0.380. The van der Waals surface area contributed by atoms with E-state index in [4.69, 9.17) is 9.47 Å². The second-order valence-corrected chi connectivity index (χ2v) is 7.45. The Morgan fingerprint density at radius 2 is 2.05 bits per heavy atom. The van der Waals surface area contributed by atoms with Crippen LogP contribution in [0.15, 0.2) is 11.6 Å². The zero-order chi connectivity index (χ0) is 14.5. The van der Waals surface area contributed by atoms with Crippen molar-refractivity contribution in [1.29, 1.82) is 0 Å². The molecule has 1 N–H and O–H groups in total. The van der Waals surface area contributed by atoms with Gasteiger partial charge in [0.25, 0.3) is 0 Å². The fourth-order valence-corrected chi connectivity index (χ4v) is 4.45. The fraction of sp³-hybridized carbons (Fsp3) is 0.882. The lowest BCUT2D eigenvalue weighted by atomic mass is 9.66. The first kappa shape index (κ1) is 14.6. The molecule has 1 saturated heterocycles. The van der Waals surface area contributed by atoms with Crippen molar-refractivity contribution in [3.05, 3.63) is 11.6 Å². The van der Waals surface area contributed by atoms with E-state index in [2.05, 4.69) is 26.8 Å². The molecule has 0 amide bonds. The van der Waals surface area contributed by atoms with E-state index in [9.17, 15) is 5.11 Å². The van der Waals surface area contributed by atoms with Gasteiger partial charge in [-0.05, 0) is 58.3 Å². The maximum absolute atomic E-state index is 10.3. The van der Waals surface area contributed by atoms with E-state index in [1.165, 1.54) is 18.4 Å². The van der Waals surface area contributed by atoms with Crippen LogP contribution in [0.2, 0.25) is 0 Å². The van der Waals surface area contributed by atoms with E-state index in [1.54, 1.807) is 7.11 Å². The summed E-state index contributed by atoms with van der Waals surface area (Å²) in [4.78, 5) is 0. The highest BCUT2D eigenvalue weighted by Crippen LogP contribution is 2.67. The summed E-state index contributed by atoms with van der Waals surface area (Å²) in [6.45, 7) is 6.49. The smallest absolute Gasteiger partial charge is 0.0982 e. The summed E-state index contributed by atoms with van der Waals surface area (Å²) in [5.74, 6) is 0.347. The van der Waals surface area contributed by atoms with Gasteiger partial charge in [0.05, 0.1) is 23.9 Å². The molecule has 0 bridgehead atoms. The minimum atomic E-state index is -0.332. The van der Waals surface area contributed by atoms with Crippen LogP contribution < -0.4 is 0 Å². The third-order valence-corrected chi connectivity index (χ3v) is 5.81. The van der Waals surface area contributed by atoms with Crippen molar-refractivity contribution in [2.24, 2.45) is 11.3 Å². The van der Waals surface area contributed by atoms with Gasteiger partial charge in [-0.1, -0.05) is 11.6 Å². The lowest BCUT2D eigenvalue weighted by molar-refractivity contribution is -0.116. The first-order valence-corrected chi connectivity index (χ1v) is 7.95. The van der Waals surface area contributed by atoms with Gasteiger partial charge in [-0.15, -0.1) is 0 Å². The second-order valence-electron chi connectivity index (χ2n) is 7.45. The summed E-state index contributed by atoms with van der Waals surface area (Å²) in [5.41, 5.74) is 1.62. The van der Waals surface area contributed by atoms with E-state index in [0.717, 1.165) is 19.3 Å². The first-order valence-electron chi connectivity index (χ1n) is 7.95. The monoisotopic (exact) mass is 280 g/mol. The lowest BCUT2D eigenvalue weighted by Crippen LogP contribution is -2.51. The van der Waals surface area contributed by atoms with E-state index in [1.807, 2.05) is 0 Å². The maximum Gasteiger partial charge on any atom is 0.0982 e. The van der Waals surface area contributed by atoms with Gasteiger partial charge in [-0.25, -0.2) is 0 Å². The Morgan fingerprint density at radius 3 is 2.60 bits per heavy atom. The number of methoxy groups -OCH3 is 1. The van der Waals surface area contributed by atoms with Crippen LogP contribution in [0.25, 0.3) is 0 Å². The van der Waals surface area contributed by atoms with E-state index >= 15 is 0 Å². The van der Waals surface area contributed by atoms with Crippen molar-refractivity contribution in [2.75, 3.05) is 7.11 Å². The lowest BCUT2D eigenvalue weighted by Gasteiger charge is -2.43. The van der Waals surface area contributed by atoms with Gasteiger partial charge in [0, 0.05) is 13.0 Å². The highest BCUT2D eigenvalue weighted by atomic mass is 16.6. The van der Waals surface area contributed by atoms with E-state index in [0.29, 0.717) is 17.4 Å². The molecule has 0 unspecified atom stereocenters. The molecule has 1 heterocycles. The summed E-state index contributed by atoms with van der Waals surface area (Å²) in [7, 11) is 1.74. The quantitative estimate of drug-likeness (QED) is 0.635. The van der Waals surface area contributed by atoms with Crippen LogP contribution in [-0.4, -0.2) is 36.1 Å². The molecule has 0 aromatic heterocycles. The minimum Gasteiger partial charge on any atom is -0.390 e. The SMILES string of the molecule is CO[C@@H]1[C@H](O)CCC2(CC2)[C@H]1[C@@]1(C)O[C@@H]1CC=C(C)C. The summed E-state index contributed by atoms with van der Waals surface area (Å²) < 4.78 is 11.8. The molecule has 2 aliphatic carbocycles. The molecular formula is C17H28O3. The maximum atomic E-state index is 10.3. The fourth-order valence-electron chi connectivity index (χ4n) is 4.45. The van der Waals surface area contributed by atoms with Crippen molar-refractivity contribution in [2.45, 2.75) is 76.8 Å². The molecule has 1 spiro atoms. The van der Waals surface area contributed by atoms with Crippen LogP contribution in [0.3, 0.4) is 0 Å². The minimum absolute atomic E-state index is 0.0621. The van der Waals surface area contributed by atoms with E-state index in [-0.39, 0.29) is 17.8 Å². The van der Waals surface area contributed by atoms with Crippen LogP contribution in [-0.2, 0) is 9.47 Å². The molecule has 1 aliphatic heterocycles. The summed E-state index contributed by atoms with van der Waals surface area (Å²) in [5, 5.41) is 10.3. The van der Waals surface area contributed by atoms with Crippen LogP contribution in [0, 0.1) is 11.3 Å². The number of hydrogen-bond donors (Lipinski definition) is 1. The number of allylic oxidation sites excluding steroid dienone is 1. The van der Waals surface area contributed by atoms with Gasteiger partial charge in [-0.2, -0.15) is 0 Å². The molecule has 3 fully saturated rings. The number of hydrogen-bond acceptors (Lipinski definition) is 3. The third-order valence-electron chi connectivity index (χ3n) is 5.81. The molecule has 2 saturated carbocycles. The number of epoxide rings is 1. The largest absolute Gasteiger partial charge is 0.390 e. The zero-order valence-electron chi connectivity index (χ0n) is 13.2. The standard InChI is InChI=1S/C17H28O3/c1-11(2)5-6-13-16(3,20-13)15-14(19-4)12(18)7-8-17(15)9-10-17/h5,12-15,18H,6-10H2,1-4H3/t12-,13-,14-,15-,16+/m1/s1. The molecule has 114 valence electrons. The Bertz CT molecular complexity index is 408. The van der Waals surface area contributed by atoms with Crippen molar-refractivity contribution in [1.82, 2.24) is 0 Å². The molecule has 3 nitrogen and oxygen atoms in total. The van der Waals surface area contributed by atoms with Crippen LogP contribution >= 0.6 is 0 Å². The third kappa shape index (κ3) is 2.24. The highest BCUT2D eigenvalue weighted by Gasteiger charge is 2.70. The predicted molar refractivity (Wildman–Crippen MR) is 78.5 cm³/mol. The van der Waals surface area contributed by atoms with Gasteiger partial charge >= 0.3 is 0 Å². The Balaban J connectivity index is 1.78. The van der Waals surface area contributed by atoms with E-state index < -0.39 is 0 Å². The first-order chi connectivity index (χ1) is 9.43. The van der Waals surface area contributed by atoms with Gasteiger partial charge in [0.15, 0.2) is 0 Å². The molecule has 20 heavy (non-hydrogen) atoms. The topological polar surface area (TPSA) is 42.0 Å². The predicted octanol–water partition coefficient (Wildman–Crippen LogP) is 3.07. The second kappa shape index (κ2) is 4.82. The zero-order valence-corrected chi connectivity index (χ0v) is 13.2. The Labute approximate surface area is 122 Å². The van der Waals surface area contributed by atoms with Gasteiger partial charge in [0.2, 0.25) is 0 Å². The molecule has 0 radical (unpaired) electrons. The van der Waals surface area contributed by atoms with Crippen LogP contribution in [0.4, 0.5) is 0 Å². The van der Waals surface area contributed by atoms with Gasteiger partial charge in [0.1, 0.15) is 0 Å². The Morgan fingerprint density at radius 1 is 1.35 bits per heavy atom. The van der Waals surface area contributed by atoms with Crippen LogP contribution in [0.1, 0.15) is 52.9 Å². The Kier molecular flexibility index (Phi) is 3.51. The summed E-state index contributed by atoms with van der Waals surface area (Å²) >= 11 is 0. The molecule has 0 aromatic carbocycles.